The number of H-pyrrole nitrogens is 1. The fraction of sp³-hybridized carbons (Fsp3) is 0.385. The van der Waals surface area contributed by atoms with Crippen LogP contribution in [0.3, 0.4) is 0 Å². The third-order valence-corrected chi connectivity index (χ3v) is 3.35. The monoisotopic (exact) mass is 269 g/mol. The van der Waals surface area contributed by atoms with Crippen LogP contribution in [0.25, 0.3) is 11.5 Å². The van der Waals surface area contributed by atoms with E-state index in [1.807, 2.05) is 6.07 Å². The second-order valence-corrected chi connectivity index (χ2v) is 4.88. The van der Waals surface area contributed by atoms with Gasteiger partial charge in [0.25, 0.3) is 0 Å². The molecule has 1 unspecified atom stereocenters. The van der Waals surface area contributed by atoms with Crippen LogP contribution in [-0.4, -0.2) is 39.3 Å². The standard InChI is InChI=1S/C13H15N7/c14-6-9-3-4-11(16-7-9)12-17-13(19-18-12)20-5-1-2-10(15)8-20/h3-4,7,10H,1-2,5,8,15H2,(H,17,18,19). The van der Waals surface area contributed by atoms with E-state index in [1.165, 1.54) is 6.20 Å². The van der Waals surface area contributed by atoms with Crippen molar-refractivity contribution >= 4 is 5.95 Å². The summed E-state index contributed by atoms with van der Waals surface area (Å²) in [6.45, 7) is 1.70. The summed E-state index contributed by atoms with van der Waals surface area (Å²) in [5, 5.41) is 15.9. The molecule has 7 heteroatoms. The van der Waals surface area contributed by atoms with Gasteiger partial charge in [-0.2, -0.15) is 10.2 Å². The first-order valence-electron chi connectivity index (χ1n) is 6.56. The Morgan fingerprint density at radius 3 is 3.05 bits per heavy atom. The Morgan fingerprint density at radius 2 is 2.35 bits per heavy atom. The van der Waals surface area contributed by atoms with Gasteiger partial charge in [0.2, 0.25) is 5.95 Å². The molecule has 1 atom stereocenters. The summed E-state index contributed by atoms with van der Waals surface area (Å²) in [5.41, 5.74) is 7.16. The summed E-state index contributed by atoms with van der Waals surface area (Å²) in [7, 11) is 0. The van der Waals surface area contributed by atoms with Crippen molar-refractivity contribution in [2.24, 2.45) is 5.73 Å². The first-order chi connectivity index (χ1) is 9.76. The molecule has 1 fully saturated rings. The molecule has 0 saturated carbocycles. The molecule has 3 N–H and O–H groups in total. The number of hydrogen-bond acceptors (Lipinski definition) is 6. The van der Waals surface area contributed by atoms with Gasteiger partial charge in [0.1, 0.15) is 11.8 Å². The van der Waals surface area contributed by atoms with E-state index in [2.05, 4.69) is 25.1 Å². The van der Waals surface area contributed by atoms with Crippen molar-refractivity contribution in [3.05, 3.63) is 23.9 Å². The Kier molecular flexibility index (Phi) is 3.31. The van der Waals surface area contributed by atoms with E-state index in [0.29, 0.717) is 23.0 Å². The molecule has 7 nitrogen and oxygen atoms in total. The van der Waals surface area contributed by atoms with Crippen molar-refractivity contribution in [2.75, 3.05) is 18.0 Å². The summed E-state index contributed by atoms with van der Waals surface area (Å²) >= 11 is 0. The first kappa shape index (κ1) is 12.6. The largest absolute Gasteiger partial charge is 0.338 e. The fourth-order valence-corrected chi connectivity index (χ4v) is 2.30. The summed E-state index contributed by atoms with van der Waals surface area (Å²) in [5.74, 6) is 1.25. The van der Waals surface area contributed by atoms with E-state index in [9.17, 15) is 0 Å². The molecule has 2 aromatic rings. The number of nitrogens with two attached hydrogens (primary N) is 1. The molecule has 0 bridgehead atoms. The highest BCUT2D eigenvalue weighted by Crippen LogP contribution is 2.18. The highest BCUT2D eigenvalue weighted by Gasteiger charge is 2.20. The molecule has 2 aromatic heterocycles. The molecule has 20 heavy (non-hydrogen) atoms. The Morgan fingerprint density at radius 1 is 1.45 bits per heavy atom. The van der Waals surface area contributed by atoms with Crippen molar-refractivity contribution in [3.63, 3.8) is 0 Å². The van der Waals surface area contributed by atoms with Gasteiger partial charge in [-0.1, -0.05) is 0 Å². The van der Waals surface area contributed by atoms with Crippen LogP contribution in [0.5, 0.6) is 0 Å². The Balaban J connectivity index is 1.80. The minimum absolute atomic E-state index is 0.179. The highest BCUT2D eigenvalue weighted by molar-refractivity contribution is 5.52. The van der Waals surface area contributed by atoms with Gasteiger partial charge < -0.3 is 10.6 Å². The van der Waals surface area contributed by atoms with E-state index in [0.717, 1.165) is 25.9 Å². The lowest BCUT2D eigenvalue weighted by Gasteiger charge is -2.29. The molecule has 0 amide bonds. The number of piperidine rings is 1. The number of anilines is 1. The molecule has 102 valence electrons. The normalized spacial score (nSPS) is 18.8. The molecular weight excluding hydrogens is 254 g/mol. The zero-order chi connectivity index (χ0) is 13.9. The van der Waals surface area contributed by atoms with Crippen molar-refractivity contribution in [1.82, 2.24) is 20.2 Å². The van der Waals surface area contributed by atoms with Gasteiger partial charge in [0.05, 0.1) is 5.56 Å². The Labute approximate surface area is 116 Å². The van der Waals surface area contributed by atoms with E-state index in [4.69, 9.17) is 11.0 Å². The maximum absolute atomic E-state index is 8.75. The summed E-state index contributed by atoms with van der Waals surface area (Å²) in [6.07, 6.45) is 3.62. The minimum atomic E-state index is 0.179. The second-order valence-electron chi connectivity index (χ2n) is 4.88. The van der Waals surface area contributed by atoms with Crippen LogP contribution in [0.2, 0.25) is 0 Å². The SMILES string of the molecule is N#Cc1ccc(-c2nc(N3CCCC(N)C3)n[nH]2)nc1. The van der Waals surface area contributed by atoms with Gasteiger partial charge in [0.15, 0.2) is 5.82 Å². The maximum atomic E-state index is 8.75. The zero-order valence-corrected chi connectivity index (χ0v) is 11.0. The average molecular weight is 269 g/mol. The summed E-state index contributed by atoms with van der Waals surface area (Å²) in [4.78, 5) is 10.7. The van der Waals surface area contributed by atoms with Crippen LogP contribution in [0.15, 0.2) is 18.3 Å². The minimum Gasteiger partial charge on any atom is -0.338 e. The van der Waals surface area contributed by atoms with Crippen molar-refractivity contribution in [1.29, 1.82) is 5.26 Å². The number of nitrogens with one attached hydrogen (secondary N) is 1. The number of pyridine rings is 1. The van der Waals surface area contributed by atoms with Gasteiger partial charge in [-0.25, -0.2) is 0 Å². The second kappa shape index (κ2) is 5.27. The molecule has 1 aliphatic heterocycles. The van der Waals surface area contributed by atoms with E-state index < -0.39 is 0 Å². The third-order valence-electron chi connectivity index (χ3n) is 3.35. The van der Waals surface area contributed by atoms with Crippen LogP contribution < -0.4 is 10.6 Å². The molecule has 0 aliphatic carbocycles. The number of rotatable bonds is 2. The number of hydrogen-bond donors (Lipinski definition) is 2. The van der Waals surface area contributed by atoms with E-state index in [1.54, 1.807) is 12.1 Å². The molecule has 1 aliphatic rings. The number of aromatic nitrogens is 4. The molecular formula is C13H15N7. The number of aromatic amines is 1. The number of nitriles is 1. The van der Waals surface area contributed by atoms with Crippen LogP contribution in [0.1, 0.15) is 18.4 Å². The lowest BCUT2D eigenvalue weighted by atomic mass is 10.1. The molecule has 3 heterocycles. The van der Waals surface area contributed by atoms with Crippen LogP contribution in [0.4, 0.5) is 5.95 Å². The molecule has 0 radical (unpaired) electrons. The van der Waals surface area contributed by atoms with Crippen LogP contribution >= 0.6 is 0 Å². The predicted octanol–water partition coefficient (Wildman–Crippen LogP) is 0.666. The summed E-state index contributed by atoms with van der Waals surface area (Å²) < 4.78 is 0. The topological polar surface area (TPSA) is 108 Å². The van der Waals surface area contributed by atoms with Crippen molar-refractivity contribution in [2.45, 2.75) is 18.9 Å². The zero-order valence-electron chi connectivity index (χ0n) is 11.0. The molecule has 3 rings (SSSR count). The van der Waals surface area contributed by atoms with Crippen molar-refractivity contribution < 1.29 is 0 Å². The van der Waals surface area contributed by atoms with Gasteiger partial charge in [0, 0.05) is 25.3 Å². The number of nitrogens with zero attached hydrogens (tertiary/aromatic N) is 5. The average Bonchev–Trinajstić information content (AvgIpc) is 2.97. The lowest BCUT2D eigenvalue weighted by Crippen LogP contribution is -2.43. The van der Waals surface area contributed by atoms with Crippen molar-refractivity contribution in [3.8, 4) is 17.6 Å². The predicted molar refractivity (Wildman–Crippen MR) is 73.8 cm³/mol. The van der Waals surface area contributed by atoms with E-state index in [-0.39, 0.29) is 6.04 Å². The van der Waals surface area contributed by atoms with Crippen LogP contribution in [-0.2, 0) is 0 Å². The first-order valence-corrected chi connectivity index (χ1v) is 6.56. The van der Waals surface area contributed by atoms with Gasteiger partial charge in [-0.3, -0.25) is 10.1 Å². The highest BCUT2D eigenvalue weighted by atomic mass is 15.4. The smallest absolute Gasteiger partial charge is 0.245 e. The fourth-order valence-electron chi connectivity index (χ4n) is 2.30. The summed E-state index contributed by atoms with van der Waals surface area (Å²) in [6, 6.07) is 5.68. The Bertz CT molecular complexity index is 625. The van der Waals surface area contributed by atoms with E-state index >= 15 is 0 Å². The molecule has 1 saturated heterocycles. The quantitative estimate of drug-likeness (QED) is 0.829. The van der Waals surface area contributed by atoms with Gasteiger partial charge in [-0.15, -0.1) is 5.10 Å². The maximum Gasteiger partial charge on any atom is 0.245 e. The van der Waals surface area contributed by atoms with Gasteiger partial charge in [-0.05, 0) is 25.0 Å². The molecule has 0 aromatic carbocycles. The van der Waals surface area contributed by atoms with Gasteiger partial charge >= 0.3 is 0 Å². The molecule has 0 spiro atoms. The Hall–Kier alpha value is -2.46. The van der Waals surface area contributed by atoms with Crippen LogP contribution in [0, 0.1) is 11.3 Å². The third kappa shape index (κ3) is 2.46. The lowest BCUT2D eigenvalue weighted by molar-refractivity contribution is 0.500.